The summed E-state index contributed by atoms with van der Waals surface area (Å²) in [6.07, 6.45) is 2.05. The average Bonchev–Trinajstić information content (AvgIpc) is 2.28. The van der Waals surface area contributed by atoms with E-state index in [4.69, 9.17) is 16.3 Å². The van der Waals surface area contributed by atoms with E-state index in [1.165, 1.54) is 0 Å². The van der Waals surface area contributed by atoms with Crippen molar-refractivity contribution in [2.75, 3.05) is 13.2 Å². The fourth-order valence-corrected chi connectivity index (χ4v) is 2.21. The maximum absolute atomic E-state index is 6.02. The number of hydrogen-bond donors (Lipinski definition) is 0. The standard InChI is InChI=1S/C13H19ClN2O/c1-13(2,3)11-8-10(15-12(14)16-11)9-4-6-17-7-5-9/h8-9H,4-7H2,1-3H3. The lowest BCUT2D eigenvalue weighted by atomic mass is 9.89. The number of rotatable bonds is 1. The molecule has 0 saturated carbocycles. The maximum atomic E-state index is 6.02. The molecule has 2 rings (SSSR count). The molecular formula is C13H19ClN2O. The summed E-state index contributed by atoms with van der Waals surface area (Å²) in [6.45, 7) is 8.05. The first-order valence-electron chi connectivity index (χ1n) is 6.09. The number of halogens is 1. The third kappa shape index (κ3) is 3.17. The number of ether oxygens (including phenoxy) is 1. The van der Waals surface area contributed by atoms with Crippen LogP contribution in [0.3, 0.4) is 0 Å². The van der Waals surface area contributed by atoms with Crippen molar-refractivity contribution in [1.29, 1.82) is 0 Å². The van der Waals surface area contributed by atoms with E-state index >= 15 is 0 Å². The molecule has 0 bridgehead atoms. The summed E-state index contributed by atoms with van der Waals surface area (Å²) >= 11 is 6.02. The normalized spacial score (nSPS) is 18.4. The fourth-order valence-electron chi connectivity index (χ4n) is 2.02. The quantitative estimate of drug-likeness (QED) is 0.721. The minimum absolute atomic E-state index is 0.00645. The Bertz CT molecular complexity index is 395. The van der Waals surface area contributed by atoms with Crippen molar-refractivity contribution in [3.63, 3.8) is 0 Å². The molecule has 0 amide bonds. The van der Waals surface area contributed by atoms with Crippen LogP contribution in [0.2, 0.25) is 5.28 Å². The van der Waals surface area contributed by atoms with Gasteiger partial charge >= 0.3 is 0 Å². The first-order chi connectivity index (χ1) is 7.97. The molecule has 0 atom stereocenters. The zero-order valence-electron chi connectivity index (χ0n) is 10.7. The minimum Gasteiger partial charge on any atom is -0.381 e. The van der Waals surface area contributed by atoms with Crippen molar-refractivity contribution in [2.45, 2.75) is 44.9 Å². The molecule has 4 heteroatoms. The van der Waals surface area contributed by atoms with Crippen LogP contribution in [0.4, 0.5) is 0 Å². The third-order valence-electron chi connectivity index (χ3n) is 3.13. The van der Waals surface area contributed by atoms with Gasteiger partial charge in [-0.15, -0.1) is 0 Å². The van der Waals surface area contributed by atoms with Crippen LogP contribution in [-0.4, -0.2) is 23.2 Å². The Balaban J connectivity index is 2.31. The Kier molecular flexibility index (Phi) is 3.69. The Morgan fingerprint density at radius 2 is 1.88 bits per heavy atom. The van der Waals surface area contributed by atoms with E-state index in [2.05, 4.69) is 36.8 Å². The maximum Gasteiger partial charge on any atom is 0.222 e. The Morgan fingerprint density at radius 3 is 2.47 bits per heavy atom. The van der Waals surface area contributed by atoms with Gasteiger partial charge in [0.2, 0.25) is 5.28 Å². The molecule has 94 valence electrons. The molecule has 1 aromatic heterocycles. The predicted octanol–water partition coefficient (Wildman–Crippen LogP) is 3.32. The van der Waals surface area contributed by atoms with Gasteiger partial charge in [-0.1, -0.05) is 20.8 Å². The van der Waals surface area contributed by atoms with E-state index in [-0.39, 0.29) is 5.41 Å². The highest BCUT2D eigenvalue weighted by atomic mass is 35.5. The zero-order valence-corrected chi connectivity index (χ0v) is 11.4. The zero-order chi connectivity index (χ0) is 12.5. The molecule has 1 aliphatic heterocycles. The molecule has 1 aliphatic rings. The first-order valence-corrected chi connectivity index (χ1v) is 6.47. The highest BCUT2D eigenvalue weighted by Crippen LogP contribution is 2.29. The molecule has 0 unspecified atom stereocenters. The van der Waals surface area contributed by atoms with Crippen LogP contribution in [-0.2, 0) is 10.2 Å². The van der Waals surface area contributed by atoms with Crippen LogP contribution in [0.5, 0.6) is 0 Å². The minimum atomic E-state index is 0.00645. The first kappa shape index (κ1) is 12.8. The van der Waals surface area contributed by atoms with Crippen molar-refractivity contribution < 1.29 is 4.74 Å². The molecule has 0 spiro atoms. The Hall–Kier alpha value is -0.670. The third-order valence-corrected chi connectivity index (χ3v) is 3.30. The number of hydrogen-bond acceptors (Lipinski definition) is 3. The van der Waals surface area contributed by atoms with Crippen LogP contribution in [0.25, 0.3) is 0 Å². The molecule has 0 aromatic carbocycles. The monoisotopic (exact) mass is 254 g/mol. The van der Waals surface area contributed by atoms with E-state index in [1.807, 2.05) is 0 Å². The van der Waals surface area contributed by atoms with E-state index in [9.17, 15) is 0 Å². The lowest BCUT2D eigenvalue weighted by Gasteiger charge is -2.24. The van der Waals surface area contributed by atoms with E-state index in [0.717, 1.165) is 37.4 Å². The summed E-state index contributed by atoms with van der Waals surface area (Å²) in [5.41, 5.74) is 2.09. The van der Waals surface area contributed by atoms with Crippen LogP contribution >= 0.6 is 11.6 Å². The van der Waals surface area contributed by atoms with Gasteiger partial charge in [0.25, 0.3) is 0 Å². The molecule has 1 saturated heterocycles. The molecule has 0 radical (unpaired) electrons. The average molecular weight is 255 g/mol. The van der Waals surface area contributed by atoms with Crippen molar-refractivity contribution in [3.05, 3.63) is 22.7 Å². The molecule has 1 aromatic rings. The highest BCUT2D eigenvalue weighted by molar-refractivity contribution is 6.28. The van der Waals surface area contributed by atoms with E-state index in [1.54, 1.807) is 0 Å². The summed E-state index contributed by atoms with van der Waals surface area (Å²) < 4.78 is 5.37. The fraction of sp³-hybridized carbons (Fsp3) is 0.692. The van der Waals surface area contributed by atoms with Gasteiger partial charge in [-0.3, -0.25) is 0 Å². The van der Waals surface area contributed by atoms with Gasteiger partial charge in [0.1, 0.15) is 0 Å². The summed E-state index contributed by atoms with van der Waals surface area (Å²) in [7, 11) is 0. The van der Waals surface area contributed by atoms with Crippen LogP contribution in [0.1, 0.15) is 50.9 Å². The molecule has 1 fully saturated rings. The molecule has 2 heterocycles. The summed E-state index contributed by atoms with van der Waals surface area (Å²) in [6, 6.07) is 2.10. The number of nitrogens with zero attached hydrogens (tertiary/aromatic N) is 2. The molecule has 17 heavy (non-hydrogen) atoms. The van der Waals surface area contributed by atoms with E-state index < -0.39 is 0 Å². The lowest BCUT2D eigenvalue weighted by Crippen LogP contribution is -2.19. The van der Waals surface area contributed by atoms with Crippen LogP contribution in [0.15, 0.2) is 6.07 Å². The van der Waals surface area contributed by atoms with Gasteiger partial charge in [0.15, 0.2) is 0 Å². The largest absolute Gasteiger partial charge is 0.381 e. The van der Waals surface area contributed by atoms with Gasteiger partial charge in [-0.25, -0.2) is 9.97 Å². The summed E-state index contributed by atoms with van der Waals surface area (Å²) in [4.78, 5) is 8.69. The topological polar surface area (TPSA) is 35.0 Å². The molecule has 3 nitrogen and oxygen atoms in total. The van der Waals surface area contributed by atoms with Crippen LogP contribution < -0.4 is 0 Å². The predicted molar refractivity (Wildman–Crippen MR) is 68.5 cm³/mol. The summed E-state index contributed by atoms with van der Waals surface area (Å²) in [5.74, 6) is 0.463. The second kappa shape index (κ2) is 4.91. The Morgan fingerprint density at radius 1 is 1.24 bits per heavy atom. The van der Waals surface area contributed by atoms with Crippen molar-refractivity contribution in [2.24, 2.45) is 0 Å². The molecule has 0 N–H and O–H groups in total. The van der Waals surface area contributed by atoms with Gasteiger partial charge in [-0.05, 0) is 30.5 Å². The van der Waals surface area contributed by atoms with Gasteiger partial charge in [0.05, 0.1) is 5.69 Å². The Labute approximate surface area is 108 Å². The van der Waals surface area contributed by atoms with Crippen molar-refractivity contribution >= 4 is 11.6 Å². The van der Waals surface area contributed by atoms with Gasteiger partial charge in [-0.2, -0.15) is 0 Å². The second-order valence-electron chi connectivity index (χ2n) is 5.58. The van der Waals surface area contributed by atoms with E-state index in [0.29, 0.717) is 11.2 Å². The SMILES string of the molecule is CC(C)(C)c1cc(C2CCOCC2)nc(Cl)n1. The lowest BCUT2D eigenvalue weighted by molar-refractivity contribution is 0.0844. The molecule has 0 aliphatic carbocycles. The second-order valence-corrected chi connectivity index (χ2v) is 5.92. The number of aromatic nitrogens is 2. The van der Waals surface area contributed by atoms with Crippen molar-refractivity contribution in [1.82, 2.24) is 9.97 Å². The molecular weight excluding hydrogens is 236 g/mol. The smallest absolute Gasteiger partial charge is 0.222 e. The van der Waals surface area contributed by atoms with Gasteiger partial charge in [0, 0.05) is 30.2 Å². The van der Waals surface area contributed by atoms with Crippen LogP contribution in [0, 0.1) is 0 Å². The van der Waals surface area contributed by atoms with Gasteiger partial charge < -0.3 is 4.74 Å². The highest BCUT2D eigenvalue weighted by Gasteiger charge is 2.22. The summed E-state index contributed by atoms with van der Waals surface area (Å²) in [5, 5.41) is 0.360. The van der Waals surface area contributed by atoms with Crippen molar-refractivity contribution in [3.8, 4) is 0 Å².